The molecule has 5 heteroatoms. The minimum atomic E-state index is -0.893. The van der Waals surface area contributed by atoms with E-state index in [1.807, 2.05) is 24.3 Å². The lowest BCUT2D eigenvalue weighted by molar-refractivity contribution is -0.138. The lowest BCUT2D eigenvalue weighted by Gasteiger charge is -2.24. The van der Waals surface area contributed by atoms with E-state index < -0.39 is 5.97 Å². The molecule has 25 heavy (non-hydrogen) atoms. The van der Waals surface area contributed by atoms with E-state index in [0.717, 1.165) is 18.4 Å². The van der Waals surface area contributed by atoms with Crippen molar-refractivity contribution in [3.8, 4) is 0 Å². The fourth-order valence-corrected chi connectivity index (χ4v) is 3.43. The second-order valence-corrected chi connectivity index (χ2v) is 6.46. The maximum Gasteiger partial charge on any atom is 0.305 e. The molecule has 1 atom stereocenters. The molecule has 0 bridgehead atoms. The van der Waals surface area contributed by atoms with Crippen LogP contribution < -0.4 is 0 Å². The van der Waals surface area contributed by atoms with Crippen LogP contribution in [-0.2, 0) is 22.6 Å². The Morgan fingerprint density at radius 3 is 2.80 bits per heavy atom. The molecule has 130 valence electrons. The van der Waals surface area contributed by atoms with Gasteiger partial charge in [-0.25, -0.2) is 0 Å². The zero-order valence-electron chi connectivity index (χ0n) is 14.1. The van der Waals surface area contributed by atoms with Gasteiger partial charge in [-0.3, -0.25) is 14.6 Å². The van der Waals surface area contributed by atoms with Crippen molar-refractivity contribution >= 4 is 11.9 Å². The van der Waals surface area contributed by atoms with E-state index in [2.05, 4.69) is 17.1 Å². The summed E-state index contributed by atoms with van der Waals surface area (Å²) in [7, 11) is 0. The van der Waals surface area contributed by atoms with Gasteiger partial charge in [0.05, 0.1) is 6.42 Å². The van der Waals surface area contributed by atoms with Gasteiger partial charge in [-0.15, -0.1) is 0 Å². The molecule has 0 saturated heterocycles. The number of aliphatic carboxylic acids is 1. The van der Waals surface area contributed by atoms with Crippen molar-refractivity contribution in [2.24, 2.45) is 0 Å². The van der Waals surface area contributed by atoms with E-state index in [9.17, 15) is 9.59 Å². The molecule has 1 aliphatic carbocycles. The molecule has 0 saturated carbocycles. The average molecular weight is 338 g/mol. The number of hydrogen-bond acceptors (Lipinski definition) is 3. The van der Waals surface area contributed by atoms with E-state index in [-0.39, 0.29) is 24.8 Å². The summed E-state index contributed by atoms with van der Waals surface area (Å²) in [4.78, 5) is 29.5. The van der Waals surface area contributed by atoms with Gasteiger partial charge in [0.2, 0.25) is 5.91 Å². The summed E-state index contributed by atoms with van der Waals surface area (Å²) in [6.45, 7) is 0.617. The van der Waals surface area contributed by atoms with Crippen LogP contribution in [0.2, 0.25) is 0 Å². The van der Waals surface area contributed by atoms with Crippen LogP contribution in [0.25, 0.3) is 0 Å². The van der Waals surface area contributed by atoms with Crippen LogP contribution >= 0.6 is 0 Å². The Morgan fingerprint density at radius 1 is 1.20 bits per heavy atom. The molecular formula is C20H22N2O3. The number of carbonyl (C=O) groups is 2. The normalized spacial score (nSPS) is 15.6. The summed E-state index contributed by atoms with van der Waals surface area (Å²) in [5.74, 6) is -0.660. The van der Waals surface area contributed by atoms with Crippen molar-refractivity contribution in [2.75, 3.05) is 6.54 Å². The molecule has 0 fully saturated rings. The fourth-order valence-electron chi connectivity index (χ4n) is 3.43. The van der Waals surface area contributed by atoms with Gasteiger partial charge < -0.3 is 10.0 Å². The zero-order valence-corrected chi connectivity index (χ0v) is 14.1. The first-order valence-corrected chi connectivity index (χ1v) is 8.60. The topological polar surface area (TPSA) is 70.5 Å². The molecule has 1 heterocycles. The first-order chi connectivity index (χ1) is 12.1. The number of aromatic nitrogens is 1. The van der Waals surface area contributed by atoms with Crippen LogP contribution in [0.5, 0.6) is 0 Å². The molecule has 0 aliphatic heterocycles. The van der Waals surface area contributed by atoms with Gasteiger partial charge in [0.15, 0.2) is 0 Å². The van der Waals surface area contributed by atoms with E-state index >= 15 is 0 Å². The van der Waals surface area contributed by atoms with Crippen molar-refractivity contribution in [3.63, 3.8) is 0 Å². The van der Waals surface area contributed by atoms with Gasteiger partial charge in [-0.05, 0) is 41.5 Å². The standard InChI is InChI=1S/C20H22N2O3/c23-19(12-17-8-7-16-5-1-2-6-18(16)17)22(11-9-20(24)25)14-15-4-3-10-21-13-15/h1-6,10,13,17H,7-9,11-12,14H2,(H,24,25)/t17-/m1/s1. The van der Waals surface area contributed by atoms with Crippen LogP contribution in [0.3, 0.4) is 0 Å². The minimum Gasteiger partial charge on any atom is -0.481 e. The highest BCUT2D eigenvalue weighted by molar-refractivity contribution is 5.78. The van der Waals surface area contributed by atoms with E-state index in [4.69, 9.17) is 5.11 Å². The van der Waals surface area contributed by atoms with Crippen LogP contribution in [0.15, 0.2) is 48.8 Å². The molecule has 2 aromatic rings. The molecule has 5 nitrogen and oxygen atoms in total. The molecule has 1 amide bonds. The highest BCUT2D eigenvalue weighted by atomic mass is 16.4. The molecule has 3 rings (SSSR count). The summed E-state index contributed by atoms with van der Waals surface area (Å²) in [6, 6.07) is 12.0. The SMILES string of the molecule is O=C(O)CCN(Cc1cccnc1)C(=O)C[C@H]1CCc2ccccc21. The van der Waals surface area contributed by atoms with Crippen LogP contribution in [0, 0.1) is 0 Å². The Balaban J connectivity index is 1.69. The first-order valence-electron chi connectivity index (χ1n) is 8.60. The molecule has 1 N–H and O–H groups in total. The Kier molecular flexibility index (Phi) is 5.43. The highest BCUT2D eigenvalue weighted by Gasteiger charge is 2.26. The molecule has 1 aromatic carbocycles. The Labute approximate surface area is 147 Å². The predicted molar refractivity (Wildman–Crippen MR) is 94.0 cm³/mol. The van der Waals surface area contributed by atoms with Crippen molar-refractivity contribution in [1.82, 2.24) is 9.88 Å². The summed E-state index contributed by atoms with van der Waals surface area (Å²) in [6.07, 6.45) is 5.76. The Bertz CT molecular complexity index is 746. The summed E-state index contributed by atoms with van der Waals surface area (Å²) >= 11 is 0. The van der Waals surface area contributed by atoms with E-state index in [0.29, 0.717) is 13.0 Å². The van der Waals surface area contributed by atoms with Crippen molar-refractivity contribution in [2.45, 2.75) is 38.1 Å². The fraction of sp³-hybridized carbons (Fsp3) is 0.350. The number of carboxylic acid groups (broad SMARTS) is 1. The molecule has 1 aliphatic rings. The molecule has 0 unspecified atom stereocenters. The molecule has 0 radical (unpaired) electrons. The zero-order chi connectivity index (χ0) is 17.6. The quantitative estimate of drug-likeness (QED) is 0.842. The lowest BCUT2D eigenvalue weighted by Crippen LogP contribution is -2.33. The van der Waals surface area contributed by atoms with Crippen molar-refractivity contribution < 1.29 is 14.7 Å². The van der Waals surface area contributed by atoms with Gasteiger partial charge >= 0.3 is 5.97 Å². The number of nitrogens with zero attached hydrogens (tertiary/aromatic N) is 2. The smallest absolute Gasteiger partial charge is 0.305 e. The number of carbonyl (C=O) groups excluding carboxylic acids is 1. The molecular weight excluding hydrogens is 316 g/mol. The lowest BCUT2D eigenvalue weighted by atomic mass is 9.97. The number of pyridine rings is 1. The monoisotopic (exact) mass is 338 g/mol. The number of amides is 1. The molecule has 0 spiro atoms. The average Bonchev–Trinajstić information content (AvgIpc) is 3.02. The van der Waals surface area contributed by atoms with Gasteiger partial charge in [0, 0.05) is 31.9 Å². The van der Waals surface area contributed by atoms with Crippen LogP contribution in [0.4, 0.5) is 0 Å². The number of carboxylic acids is 1. The number of hydrogen-bond donors (Lipinski definition) is 1. The number of rotatable bonds is 7. The van der Waals surface area contributed by atoms with Gasteiger partial charge in [0.1, 0.15) is 0 Å². The number of fused-ring (bicyclic) bond motifs is 1. The molecule has 1 aromatic heterocycles. The van der Waals surface area contributed by atoms with E-state index in [1.54, 1.807) is 17.3 Å². The van der Waals surface area contributed by atoms with Crippen LogP contribution in [-0.4, -0.2) is 33.4 Å². The Hall–Kier alpha value is -2.69. The predicted octanol–water partition coefficient (Wildman–Crippen LogP) is 3.01. The third kappa shape index (κ3) is 4.44. The Morgan fingerprint density at radius 2 is 2.04 bits per heavy atom. The minimum absolute atomic E-state index is 0.00630. The second kappa shape index (κ2) is 7.92. The summed E-state index contributed by atoms with van der Waals surface area (Å²) < 4.78 is 0. The second-order valence-electron chi connectivity index (χ2n) is 6.46. The first kappa shape index (κ1) is 17.1. The number of aryl methyl sites for hydroxylation is 1. The van der Waals surface area contributed by atoms with Crippen molar-refractivity contribution in [3.05, 3.63) is 65.5 Å². The maximum absolute atomic E-state index is 12.8. The highest BCUT2D eigenvalue weighted by Crippen LogP contribution is 2.35. The summed E-state index contributed by atoms with van der Waals surface area (Å²) in [5, 5.41) is 8.97. The van der Waals surface area contributed by atoms with E-state index in [1.165, 1.54) is 11.1 Å². The van der Waals surface area contributed by atoms with Gasteiger partial charge in [-0.1, -0.05) is 30.3 Å². The van der Waals surface area contributed by atoms with Crippen LogP contribution in [0.1, 0.15) is 41.9 Å². The largest absolute Gasteiger partial charge is 0.481 e. The summed E-state index contributed by atoms with van der Waals surface area (Å²) in [5.41, 5.74) is 3.49. The third-order valence-electron chi connectivity index (χ3n) is 4.72. The van der Waals surface area contributed by atoms with Gasteiger partial charge in [-0.2, -0.15) is 0 Å². The number of benzene rings is 1. The third-order valence-corrected chi connectivity index (χ3v) is 4.72. The maximum atomic E-state index is 12.8. The van der Waals surface area contributed by atoms with Gasteiger partial charge in [0.25, 0.3) is 0 Å². The van der Waals surface area contributed by atoms with Crippen molar-refractivity contribution in [1.29, 1.82) is 0 Å².